The molecule has 0 radical (unpaired) electrons. The molecule has 4 rings (SSSR count). The summed E-state index contributed by atoms with van der Waals surface area (Å²) in [5, 5.41) is 0.572. The summed E-state index contributed by atoms with van der Waals surface area (Å²) < 4.78 is 34.1. The molecule has 0 fully saturated rings. The quantitative estimate of drug-likeness (QED) is 0.0774. The van der Waals surface area contributed by atoms with Crippen LogP contribution in [0.25, 0.3) is 11.2 Å². The van der Waals surface area contributed by atoms with E-state index >= 15 is 0 Å². The number of aromatic nitrogens is 4. The number of nitrogen functional groups attached to an aromatic ring is 1. The van der Waals surface area contributed by atoms with Gasteiger partial charge in [-0.2, -0.15) is 4.98 Å². The first kappa shape index (κ1) is 28.3. The average molecular weight is 578 g/mol. The number of fused-ring (bicyclic) bond motifs is 1. The van der Waals surface area contributed by atoms with Gasteiger partial charge in [0.1, 0.15) is 17.8 Å². The number of ether oxygens (including phenoxy) is 4. The molecule has 0 aliphatic carbocycles. The Labute approximate surface area is 228 Å². The Morgan fingerprint density at radius 1 is 1.15 bits per heavy atom. The van der Waals surface area contributed by atoms with Gasteiger partial charge in [0.15, 0.2) is 11.2 Å². The van der Waals surface area contributed by atoms with Gasteiger partial charge in [-0.1, -0.05) is 23.7 Å². The van der Waals surface area contributed by atoms with Crippen molar-refractivity contribution in [3.63, 3.8) is 0 Å². The van der Waals surface area contributed by atoms with E-state index in [0.29, 0.717) is 23.0 Å². The van der Waals surface area contributed by atoms with E-state index in [1.165, 1.54) is 13.4 Å². The van der Waals surface area contributed by atoms with Crippen LogP contribution in [-0.4, -0.2) is 52.5 Å². The molecule has 1 atom stereocenters. The second-order valence-electron chi connectivity index (χ2n) is 7.75. The fourth-order valence-corrected chi connectivity index (χ4v) is 4.40. The summed E-state index contributed by atoms with van der Waals surface area (Å²) in [6, 6.07) is 13.6. The maximum Gasteiger partial charge on any atom is 0.515 e. The first-order valence-corrected chi connectivity index (χ1v) is 13.2. The van der Waals surface area contributed by atoms with E-state index in [2.05, 4.69) is 15.0 Å². The number of hydrogen-bond acceptors (Lipinski definition) is 11. The molecule has 15 heteroatoms. The van der Waals surface area contributed by atoms with E-state index in [9.17, 15) is 9.59 Å². The van der Waals surface area contributed by atoms with Gasteiger partial charge in [0.2, 0.25) is 21.1 Å². The molecule has 2 aromatic heterocycles. The van der Waals surface area contributed by atoms with Gasteiger partial charge in [0.25, 0.3) is 5.56 Å². The smallest absolute Gasteiger partial charge is 0.497 e. The van der Waals surface area contributed by atoms with Crippen LogP contribution < -0.4 is 20.8 Å². The number of nitrogens with zero attached hydrogens (tertiary/aromatic N) is 3. The summed E-state index contributed by atoms with van der Waals surface area (Å²) in [6.07, 6.45) is 0.599. The lowest BCUT2D eigenvalue weighted by Crippen LogP contribution is -2.14. The Hall–Kier alpha value is -3.74. The zero-order chi connectivity index (χ0) is 27.6. The minimum Gasteiger partial charge on any atom is -0.497 e. The number of rotatable bonds is 13. The van der Waals surface area contributed by atoms with Crippen molar-refractivity contribution in [1.29, 1.82) is 0 Å². The molecular formula is C24H25ClN5O8P. The van der Waals surface area contributed by atoms with Gasteiger partial charge in [-0.3, -0.25) is 14.3 Å². The van der Waals surface area contributed by atoms with E-state index in [0.717, 1.165) is 5.56 Å². The van der Waals surface area contributed by atoms with Crippen LogP contribution in [0.2, 0.25) is 5.02 Å². The monoisotopic (exact) mass is 577 g/mol. The van der Waals surface area contributed by atoms with Gasteiger partial charge < -0.3 is 33.8 Å². The molecule has 1 unspecified atom stereocenters. The first-order valence-electron chi connectivity index (χ1n) is 11.5. The fourth-order valence-electron chi connectivity index (χ4n) is 3.22. The number of carbonyl (C=O) groups excluding carboxylic acids is 1. The van der Waals surface area contributed by atoms with Gasteiger partial charge in [0, 0.05) is 11.6 Å². The van der Waals surface area contributed by atoms with Gasteiger partial charge >= 0.3 is 6.16 Å². The molecule has 39 heavy (non-hydrogen) atoms. The number of methoxy groups -OCH3 is 1. The highest BCUT2D eigenvalue weighted by Gasteiger charge is 2.15. The second kappa shape index (κ2) is 13.9. The Morgan fingerprint density at radius 3 is 2.72 bits per heavy atom. The number of aromatic amines is 1. The minimum atomic E-state index is -1.63. The lowest BCUT2D eigenvalue weighted by Gasteiger charge is -2.18. The number of halogens is 1. The second-order valence-corrected chi connectivity index (χ2v) is 9.63. The summed E-state index contributed by atoms with van der Waals surface area (Å²) in [5.74, 6) is 0.901. The van der Waals surface area contributed by atoms with Crippen LogP contribution in [-0.2, 0) is 31.7 Å². The molecule has 0 saturated carbocycles. The van der Waals surface area contributed by atoms with Crippen LogP contribution in [0, 0.1) is 0 Å². The summed E-state index contributed by atoms with van der Waals surface area (Å²) in [5.41, 5.74) is 6.57. The Kier molecular flexibility index (Phi) is 10.1. The highest BCUT2D eigenvalue weighted by Crippen LogP contribution is 2.39. The van der Waals surface area contributed by atoms with Crippen LogP contribution in [0.3, 0.4) is 0 Å². The zero-order valence-corrected chi connectivity index (χ0v) is 22.4. The van der Waals surface area contributed by atoms with Crippen molar-refractivity contribution >= 4 is 43.2 Å². The molecule has 2 aromatic carbocycles. The zero-order valence-electron chi connectivity index (χ0n) is 20.7. The molecule has 0 spiro atoms. The van der Waals surface area contributed by atoms with Gasteiger partial charge in [-0.15, -0.1) is 0 Å². The largest absolute Gasteiger partial charge is 0.515 e. The highest BCUT2D eigenvalue weighted by atomic mass is 35.5. The molecule has 0 amide bonds. The van der Waals surface area contributed by atoms with E-state index < -0.39 is 26.9 Å². The maximum atomic E-state index is 12.0. The standard InChI is InChI=1S/C24H25ClN5O8P/c1-33-18-5-7-19(8-6-18)38-24(32)35-14-37-39(36-12-16-3-2-4-17(25)11-16)15-34-10-9-30-13-27-20-21(30)28-23(26)29-22(20)31/h2-8,11,13H,9-10,12,14-15H2,1H3,(H3,26,28,29,31). The summed E-state index contributed by atoms with van der Waals surface area (Å²) in [4.78, 5) is 34.6. The number of carbonyl (C=O) groups is 1. The molecule has 206 valence electrons. The number of benzene rings is 2. The summed E-state index contributed by atoms with van der Waals surface area (Å²) in [7, 11) is -0.0995. The number of nitrogens with two attached hydrogens (primary N) is 1. The van der Waals surface area contributed by atoms with Crippen molar-refractivity contribution in [3.8, 4) is 11.5 Å². The number of anilines is 1. The molecule has 4 aromatic rings. The van der Waals surface area contributed by atoms with Crippen molar-refractivity contribution in [1.82, 2.24) is 19.5 Å². The number of imidazole rings is 1. The summed E-state index contributed by atoms with van der Waals surface area (Å²) in [6.45, 7) is 0.346. The maximum absolute atomic E-state index is 12.0. The SMILES string of the molecule is COc1ccc(OC(=O)OCOP(COCCn2cnc3c(=O)[nH]c(N)nc32)OCc2cccc(Cl)c2)cc1. The van der Waals surface area contributed by atoms with Gasteiger partial charge in [-0.25, -0.2) is 9.78 Å². The molecule has 0 bridgehead atoms. The van der Waals surface area contributed by atoms with Crippen molar-refractivity contribution in [2.75, 3.05) is 32.6 Å². The lowest BCUT2D eigenvalue weighted by atomic mass is 10.2. The van der Waals surface area contributed by atoms with Crippen LogP contribution in [0.4, 0.5) is 10.7 Å². The lowest BCUT2D eigenvalue weighted by molar-refractivity contribution is 0.0244. The third-order valence-corrected chi connectivity index (χ3v) is 6.50. The third kappa shape index (κ3) is 8.37. The molecule has 3 N–H and O–H groups in total. The molecule has 0 aliphatic rings. The third-order valence-electron chi connectivity index (χ3n) is 5.06. The van der Waals surface area contributed by atoms with Crippen molar-refractivity contribution in [2.45, 2.75) is 13.2 Å². The number of H-pyrrole nitrogens is 1. The predicted molar refractivity (Wildman–Crippen MR) is 143 cm³/mol. The predicted octanol–water partition coefficient (Wildman–Crippen LogP) is 4.06. The molecule has 0 saturated heterocycles. The average Bonchev–Trinajstić information content (AvgIpc) is 3.32. The van der Waals surface area contributed by atoms with Crippen molar-refractivity contribution in [2.24, 2.45) is 0 Å². The minimum absolute atomic E-state index is 0.00739. The molecule has 2 heterocycles. The Morgan fingerprint density at radius 2 is 1.95 bits per heavy atom. The van der Waals surface area contributed by atoms with Crippen LogP contribution in [0.5, 0.6) is 11.5 Å². The fraction of sp³-hybridized carbons (Fsp3) is 0.250. The Bertz CT molecular complexity index is 1450. The molecule has 0 aliphatic heterocycles. The van der Waals surface area contributed by atoms with Crippen molar-refractivity contribution < 1.29 is 32.8 Å². The summed E-state index contributed by atoms with van der Waals surface area (Å²) >= 11 is 6.05. The van der Waals surface area contributed by atoms with E-state index in [1.807, 2.05) is 6.07 Å². The van der Waals surface area contributed by atoms with E-state index in [1.54, 1.807) is 47.0 Å². The van der Waals surface area contributed by atoms with E-state index in [-0.39, 0.29) is 36.8 Å². The van der Waals surface area contributed by atoms with E-state index in [4.69, 9.17) is 45.3 Å². The topological polar surface area (TPSA) is 162 Å². The molecular weight excluding hydrogens is 553 g/mol. The normalized spacial score (nSPS) is 11.8. The van der Waals surface area contributed by atoms with Crippen LogP contribution >= 0.6 is 20.0 Å². The van der Waals surface area contributed by atoms with Crippen molar-refractivity contribution in [3.05, 3.63) is 75.8 Å². The van der Waals surface area contributed by atoms with Gasteiger partial charge in [-0.05, 0) is 42.0 Å². The first-order chi connectivity index (χ1) is 18.9. The van der Waals surface area contributed by atoms with Gasteiger partial charge in [0.05, 0.1) is 26.7 Å². The van der Waals surface area contributed by atoms with Crippen LogP contribution in [0.1, 0.15) is 5.56 Å². The molecule has 13 nitrogen and oxygen atoms in total. The van der Waals surface area contributed by atoms with Crippen LogP contribution in [0.15, 0.2) is 59.7 Å². The highest BCUT2D eigenvalue weighted by molar-refractivity contribution is 7.46. The Balaban J connectivity index is 1.28. The number of nitrogens with one attached hydrogen (secondary N) is 1. The number of hydrogen-bond donors (Lipinski definition) is 2.